The zero-order valence-electron chi connectivity index (χ0n) is 7.63. The van der Waals surface area contributed by atoms with Crippen molar-refractivity contribution in [3.63, 3.8) is 0 Å². The minimum absolute atomic E-state index is 0.494. The van der Waals surface area contributed by atoms with Gasteiger partial charge in [-0.3, -0.25) is 0 Å². The van der Waals surface area contributed by atoms with Crippen molar-refractivity contribution in [2.45, 2.75) is 18.2 Å². The fourth-order valence-corrected chi connectivity index (χ4v) is 3.42. The maximum absolute atomic E-state index is 5.38. The summed E-state index contributed by atoms with van der Waals surface area (Å²) in [6.07, 6.45) is 1.19. The van der Waals surface area contributed by atoms with Gasteiger partial charge in [0.2, 0.25) is 0 Å². The molecule has 1 fully saturated rings. The number of hydrogen-bond acceptors (Lipinski definition) is 2. The van der Waals surface area contributed by atoms with E-state index in [2.05, 4.69) is 35.0 Å². The van der Waals surface area contributed by atoms with E-state index in [9.17, 15) is 0 Å². The van der Waals surface area contributed by atoms with E-state index in [1.807, 2.05) is 11.3 Å². The summed E-state index contributed by atoms with van der Waals surface area (Å²) in [5, 5.41) is 0. The van der Waals surface area contributed by atoms with E-state index in [0.717, 1.165) is 13.2 Å². The largest absolute Gasteiger partial charge is 0.381 e. The number of aryl methyl sites for hydroxylation is 1. The highest BCUT2D eigenvalue weighted by Crippen LogP contribution is 2.38. The van der Waals surface area contributed by atoms with Crippen LogP contribution in [0, 0.1) is 12.8 Å². The lowest BCUT2D eigenvalue weighted by Crippen LogP contribution is -2.05. The predicted molar refractivity (Wildman–Crippen MR) is 59.7 cm³/mol. The number of alkyl halides is 1. The van der Waals surface area contributed by atoms with Crippen LogP contribution in [0.5, 0.6) is 0 Å². The van der Waals surface area contributed by atoms with Crippen LogP contribution >= 0.6 is 27.3 Å². The Bertz CT molecular complexity index is 278. The molecule has 0 saturated carbocycles. The van der Waals surface area contributed by atoms with Gasteiger partial charge in [-0.15, -0.1) is 11.3 Å². The summed E-state index contributed by atoms with van der Waals surface area (Å²) in [5.41, 5.74) is 0. The number of hydrogen-bond donors (Lipinski definition) is 0. The molecular weight excluding hydrogens is 248 g/mol. The first-order chi connectivity index (χ1) is 6.27. The molecule has 1 nitrogen and oxygen atoms in total. The summed E-state index contributed by atoms with van der Waals surface area (Å²) in [5.74, 6) is 0.665. The van der Waals surface area contributed by atoms with Gasteiger partial charge in [0.05, 0.1) is 11.4 Å². The molecule has 1 aromatic rings. The molecule has 2 atom stereocenters. The van der Waals surface area contributed by atoms with E-state index in [1.165, 1.54) is 16.2 Å². The number of rotatable bonds is 2. The van der Waals surface area contributed by atoms with Gasteiger partial charge in [0.25, 0.3) is 0 Å². The molecule has 0 N–H and O–H groups in total. The molecule has 0 bridgehead atoms. The molecule has 1 aromatic heterocycles. The minimum Gasteiger partial charge on any atom is -0.381 e. The van der Waals surface area contributed by atoms with E-state index >= 15 is 0 Å². The summed E-state index contributed by atoms with van der Waals surface area (Å²) in [4.78, 5) is 3.32. The quantitative estimate of drug-likeness (QED) is 0.740. The summed E-state index contributed by atoms with van der Waals surface area (Å²) in [6.45, 7) is 3.99. The second-order valence-electron chi connectivity index (χ2n) is 3.47. The monoisotopic (exact) mass is 260 g/mol. The minimum atomic E-state index is 0.494. The van der Waals surface area contributed by atoms with E-state index in [-0.39, 0.29) is 0 Å². The highest BCUT2D eigenvalue weighted by Gasteiger charge is 2.25. The first-order valence-corrected chi connectivity index (χ1v) is 6.29. The van der Waals surface area contributed by atoms with E-state index < -0.39 is 0 Å². The van der Waals surface area contributed by atoms with Crippen LogP contribution in [0.15, 0.2) is 12.1 Å². The summed E-state index contributed by atoms with van der Waals surface area (Å²) in [6, 6.07) is 4.40. The van der Waals surface area contributed by atoms with Gasteiger partial charge < -0.3 is 4.74 Å². The molecule has 2 unspecified atom stereocenters. The molecule has 1 aliphatic rings. The molecule has 0 spiro atoms. The second kappa shape index (κ2) is 4.11. The van der Waals surface area contributed by atoms with Crippen LogP contribution in [0.25, 0.3) is 0 Å². The SMILES string of the molecule is Cc1ccc(C(Br)C2CCOC2)s1. The molecule has 2 rings (SSSR count). The van der Waals surface area contributed by atoms with Gasteiger partial charge in [0.15, 0.2) is 0 Å². The molecule has 0 aromatic carbocycles. The zero-order chi connectivity index (χ0) is 9.26. The summed E-state index contributed by atoms with van der Waals surface area (Å²) >= 11 is 5.64. The lowest BCUT2D eigenvalue weighted by Gasteiger charge is -2.13. The van der Waals surface area contributed by atoms with Crippen molar-refractivity contribution in [2.75, 3.05) is 13.2 Å². The normalized spacial score (nSPS) is 24.9. The zero-order valence-corrected chi connectivity index (χ0v) is 10.0. The molecule has 0 amide bonds. The Labute approximate surface area is 91.2 Å². The van der Waals surface area contributed by atoms with Gasteiger partial charge >= 0.3 is 0 Å². The molecule has 2 heterocycles. The summed E-state index contributed by atoms with van der Waals surface area (Å²) in [7, 11) is 0. The van der Waals surface area contributed by atoms with Gasteiger partial charge in [0.1, 0.15) is 0 Å². The van der Waals surface area contributed by atoms with Gasteiger partial charge in [-0.05, 0) is 25.5 Å². The molecule has 0 radical (unpaired) electrons. The van der Waals surface area contributed by atoms with Crippen molar-refractivity contribution >= 4 is 27.3 Å². The topological polar surface area (TPSA) is 9.23 Å². The average Bonchev–Trinajstić information content (AvgIpc) is 2.72. The number of ether oxygens (including phenoxy) is 1. The van der Waals surface area contributed by atoms with Gasteiger partial charge in [-0.2, -0.15) is 0 Å². The molecule has 1 saturated heterocycles. The Morgan fingerprint density at radius 2 is 2.46 bits per heavy atom. The number of halogens is 1. The third-order valence-electron chi connectivity index (χ3n) is 2.41. The maximum atomic E-state index is 5.38. The van der Waals surface area contributed by atoms with Gasteiger partial charge in [-0.25, -0.2) is 0 Å². The molecule has 72 valence electrons. The highest BCUT2D eigenvalue weighted by molar-refractivity contribution is 9.09. The van der Waals surface area contributed by atoms with E-state index in [4.69, 9.17) is 4.74 Å². The molecule has 13 heavy (non-hydrogen) atoms. The third-order valence-corrected chi connectivity index (χ3v) is 5.04. The number of thiophene rings is 1. The Hall–Kier alpha value is 0.140. The van der Waals surface area contributed by atoms with Gasteiger partial charge in [0, 0.05) is 22.3 Å². The molecule has 3 heteroatoms. The van der Waals surface area contributed by atoms with Crippen molar-refractivity contribution < 1.29 is 4.74 Å². The fraction of sp³-hybridized carbons (Fsp3) is 0.600. The first kappa shape index (κ1) is 9.69. The van der Waals surface area contributed by atoms with E-state index in [0.29, 0.717) is 10.7 Å². The first-order valence-electron chi connectivity index (χ1n) is 4.55. The van der Waals surface area contributed by atoms with Crippen LogP contribution in [0.4, 0.5) is 0 Å². The standard InChI is InChI=1S/C10H13BrOS/c1-7-2-3-9(13-7)10(11)8-4-5-12-6-8/h2-3,8,10H,4-6H2,1H3. The highest BCUT2D eigenvalue weighted by atomic mass is 79.9. The molecular formula is C10H13BrOS. The van der Waals surface area contributed by atoms with Crippen LogP contribution in [-0.2, 0) is 4.74 Å². The average molecular weight is 261 g/mol. The lowest BCUT2D eigenvalue weighted by atomic mass is 10.0. The predicted octanol–water partition coefficient (Wildman–Crippen LogP) is 3.53. The van der Waals surface area contributed by atoms with Crippen molar-refractivity contribution in [3.05, 3.63) is 21.9 Å². The maximum Gasteiger partial charge on any atom is 0.0540 e. The van der Waals surface area contributed by atoms with Crippen molar-refractivity contribution in [3.8, 4) is 0 Å². The van der Waals surface area contributed by atoms with Crippen LogP contribution in [0.1, 0.15) is 21.0 Å². The van der Waals surface area contributed by atoms with Crippen LogP contribution in [0.2, 0.25) is 0 Å². The van der Waals surface area contributed by atoms with Crippen LogP contribution in [0.3, 0.4) is 0 Å². The Morgan fingerprint density at radius 3 is 3.00 bits per heavy atom. The van der Waals surface area contributed by atoms with Crippen LogP contribution < -0.4 is 0 Å². The van der Waals surface area contributed by atoms with Gasteiger partial charge in [-0.1, -0.05) is 15.9 Å². The van der Waals surface area contributed by atoms with Crippen LogP contribution in [-0.4, -0.2) is 13.2 Å². The van der Waals surface area contributed by atoms with Crippen molar-refractivity contribution in [1.82, 2.24) is 0 Å². The summed E-state index contributed by atoms with van der Waals surface area (Å²) < 4.78 is 5.38. The Balaban J connectivity index is 2.07. The van der Waals surface area contributed by atoms with Crippen molar-refractivity contribution in [1.29, 1.82) is 0 Å². The van der Waals surface area contributed by atoms with E-state index in [1.54, 1.807) is 0 Å². The third kappa shape index (κ3) is 2.14. The smallest absolute Gasteiger partial charge is 0.0540 e. The van der Waals surface area contributed by atoms with Crippen molar-refractivity contribution in [2.24, 2.45) is 5.92 Å². The Morgan fingerprint density at radius 1 is 1.62 bits per heavy atom. The molecule has 0 aliphatic carbocycles. The second-order valence-corrected chi connectivity index (χ2v) is 5.78. The fourth-order valence-electron chi connectivity index (χ4n) is 1.62. The lowest BCUT2D eigenvalue weighted by molar-refractivity contribution is 0.186. The molecule has 1 aliphatic heterocycles. The Kier molecular flexibility index (Phi) is 3.06.